The quantitative estimate of drug-likeness (QED) is 0.690. The number of hydrogen-bond donors (Lipinski definition) is 0. The number of piperazine rings is 1. The molecule has 0 aromatic rings. The lowest BCUT2D eigenvalue weighted by molar-refractivity contribution is -0.196. The van der Waals surface area contributed by atoms with Crippen LogP contribution in [0.1, 0.15) is 44.9 Å². The van der Waals surface area contributed by atoms with Gasteiger partial charge in [-0.25, -0.2) is 0 Å². The minimum Gasteiger partial charge on any atom is -0.381 e. The molecule has 1 aliphatic carbocycles. The Bertz CT molecular complexity index is 343. The molecule has 0 aromatic heterocycles. The van der Waals surface area contributed by atoms with Crippen molar-refractivity contribution in [3.63, 3.8) is 0 Å². The number of alkyl halides is 3. The van der Waals surface area contributed by atoms with Crippen LogP contribution in [0.3, 0.4) is 0 Å². The second-order valence-corrected chi connectivity index (χ2v) is 7.23. The molecular formula is C17H31F3N2O. The summed E-state index contributed by atoms with van der Waals surface area (Å²) in [5.41, 5.74) is 0. The summed E-state index contributed by atoms with van der Waals surface area (Å²) in [6.07, 6.45) is 4.06. The van der Waals surface area contributed by atoms with Gasteiger partial charge in [-0.15, -0.1) is 0 Å². The Hall–Kier alpha value is -0.330. The van der Waals surface area contributed by atoms with E-state index in [2.05, 4.69) is 0 Å². The van der Waals surface area contributed by atoms with Crippen molar-refractivity contribution in [2.75, 3.05) is 40.3 Å². The molecule has 0 aromatic carbocycles. The minimum atomic E-state index is -4.12. The lowest BCUT2D eigenvalue weighted by atomic mass is 9.84. The highest BCUT2D eigenvalue weighted by Gasteiger charge is 2.45. The van der Waals surface area contributed by atoms with Crippen LogP contribution in [-0.2, 0) is 4.74 Å². The highest BCUT2D eigenvalue weighted by Crippen LogP contribution is 2.30. The van der Waals surface area contributed by atoms with Crippen LogP contribution >= 0.6 is 0 Å². The number of rotatable bonds is 6. The van der Waals surface area contributed by atoms with Crippen LogP contribution in [0.15, 0.2) is 0 Å². The van der Waals surface area contributed by atoms with Crippen molar-refractivity contribution >= 4 is 0 Å². The summed E-state index contributed by atoms with van der Waals surface area (Å²) >= 11 is 0. The van der Waals surface area contributed by atoms with Gasteiger partial charge in [-0.3, -0.25) is 4.90 Å². The molecule has 1 saturated heterocycles. The molecule has 1 heterocycles. The van der Waals surface area contributed by atoms with Gasteiger partial charge >= 0.3 is 6.18 Å². The molecule has 1 aliphatic heterocycles. The van der Waals surface area contributed by atoms with Crippen molar-refractivity contribution in [1.29, 1.82) is 0 Å². The summed E-state index contributed by atoms with van der Waals surface area (Å²) in [5, 5.41) is 0. The average molecular weight is 336 g/mol. The van der Waals surface area contributed by atoms with Crippen LogP contribution in [0.25, 0.3) is 0 Å². The third kappa shape index (κ3) is 5.91. The predicted molar refractivity (Wildman–Crippen MR) is 85.5 cm³/mol. The molecule has 1 atom stereocenters. The monoisotopic (exact) mass is 336 g/mol. The molecule has 0 bridgehead atoms. The van der Waals surface area contributed by atoms with Gasteiger partial charge in [0.1, 0.15) is 6.04 Å². The number of methoxy groups -OCH3 is 1. The number of likely N-dealkylation sites (N-methyl/N-ethyl adjacent to an activating group) is 1. The van der Waals surface area contributed by atoms with Crippen LogP contribution in [0.5, 0.6) is 0 Å². The Morgan fingerprint density at radius 3 is 2.35 bits per heavy atom. The molecule has 0 spiro atoms. The SMILES string of the molecule is COC1CCC(CCCCN2CCN(C)CC2C(F)(F)F)CC1. The summed E-state index contributed by atoms with van der Waals surface area (Å²) in [6.45, 7) is 1.93. The van der Waals surface area contributed by atoms with E-state index < -0.39 is 12.2 Å². The van der Waals surface area contributed by atoms with E-state index in [9.17, 15) is 13.2 Å². The van der Waals surface area contributed by atoms with Gasteiger partial charge in [0, 0.05) is 26.7 Å². The van der Waals surface area contributed by atoms with Gasteiger partial charge in [0.25, 0.3) is 0 Å². The molecule has 2 fully saturated rings. The Balaban J connectivity index is 1.67. The highest BCUT2D eigenvalue weighted by molar-refractivity contribution is 4.86. The molecule has 1 unspecified atom stereocenters. The summed E-state index contributed by atoms with van der Waals surface area (Å²) in [4.78, 5) is 3.42. The summed E-state index contributed by atoms with van der Waals surface area (Å²) in [6, 6.07) is -1.29. The van der Waals surface area contributed by atoms with E-state index in [4.69, 9.17) is 4.74 Å². The Morgan fingerprint density at radius 2 is 1.74 bits per heavy atom. The number of hydrogen-bond acceptors (Lipinski definition) is 3. The molecule has 1 saturated carbocycles. The van der Waals surface area contributed by atoms with Gasteiger partial charge in [0.15, 0.2) is 0 Å². The summed E-state index contributed by atoms with van der Waals surface area (Å²) < 4.78 is 44.8. The van der Waals surface area contributed by atoms with E-state index >= 15 is 0 Å². The summed E-state index contributed by atoms with van der Waals surface area (Å²) in [7, 11) is 3.55. The van der Waals surface area contributed by atoms with Crippen LogP contribution < -0.4 is 0 Å². The van der Waals surface area contributed by atoms with Crippen molar-refractivity contribution in [2.45, 2.75) is 63.3 Å². The van der Waals surface area contributed by atoms with Gasteiger partial charge in [-0.2, -0.15) is 13.2 Å². The second kappa shape index (κ2) is 8.67. The Kier molecular flexibility index (Phi) is 7.17. The van der Waals surface area contributed by atoms with Gasteiger partial charge in [-0.05, 0) is 51.6 Å². The standard InChI is InChI=1S/C17H31F3N2O/c1-21-11-12-22(16(13-21)17(18,19)20)10-4-3-5-14-6-8-15(23-2)9-7-14/h14-16H,3-13H2,1-2H3. The Morgan fingerprint density at radius 1 is 1.04 bits per heavy atom. The smallest absolute Gasteiger partial charge is 0.381 e. The topological polar surface area (TPSA) is 15.7 Å². The van der Waals surface area contributed by atoms with Gasteiger partial charge in [-0.1, -0.05) is 12.8 Å². The normalized spacial score (nSPS) is 31.4. The molecule has 6 heteroatoms. The average Bonchev–Trinajstić information content (AvgIpc) is 2.52. The van der Waals surface area contributed by atoms with Crippen molar-refractivity contribution in [2.24, 2.45) is 5.92 Å². The zero-order chi connectivity index (χ0) is 16.9. The molecule has 3 nitrogen and oxygen atoms in total. The van der Waals surface area contributed by atoms with Crippen LogP contribution in [0, 0.1) is 5.92 Å². The van der Waals surface area contributed by atoms with Crippen molar-refractivity contribution < 1.29 is 17.9 Å². The van der Waals surface area contributed by atoms with Crippen molar-refractivity contribution in [1.82, 2.24) is 9.80 Å². The number of ether oxygens (including phenoxy) is 1. The number of halogens is 3. The van der Waals surface area contributed by atoms with Gasteiger partial charge in [0.2, 0.25) is 0 Å². The fraction of sp³-hybridized carbons (Fsp3) is 1.00. The maximum atomic E-state index is 13.2. The number of unbranched alkanes of at least 4 members (excludes halogenated alkanes) is 1. The zero-order valence-electron chi connectivity index (χ0n) is 14.4. The first-order valence-corrected chi connectivity index (χ1v) is 8.92. The van der Waals surface area contributed by atoms with Crippen molar-refractivity contribution in [3.8, 4) is 0 Å². The summed E-state index contributed by atoms with van der Waals surface area (Å²) in [5.74, 6) is 0.743. The van der Waals surface area contributed by atoms with E-state index in [1.165, 1.54) is 12.8 Å². The lowest BCUT2D eigenvalue weighted by Crippen LogP contribution is -2.58. The van der Waals surface area contributed by atoms with Gasteiger partial charge in [0.05, 0.1) is 6.10 Å². The molecule has 0 radical (unpaired) electrons. The van der Waals surface area contributed by atoms with E-state index in [1.54, 1.807) is 24.0 Å². The first kappa shape index (κ1) is 19.0. The molecule has 2 aliphatic rings. The lowest BCUT2D eigenvalue weighted by Gasteiger charge is -2.40. The van der Waals surface area contributed by atoms with E-state index in [-0.39, 0.29) is 6.54 Å². The van der Waals surface area contributed by atoms with Crippen molar-refractivity contribution in [3.05, 3.63) is 0 Å². The van der Waals surface area contributed by atoms with E-state index in [0.717, 1.165) is 44.6 Å². The molecule has 0 amide bonds. The molecule has 2 rings (SSSR count). The predicted octanol–water partition coefficient (Wildman–Crippen LogP) is 3.54. The van der Waals surface area contributed by atoms with Crippen LogP contribution in [-0.4, -0.2) is 68.5 Å². The first-order chi connectivity index (χ1) is 10.9. The minimum absolute atomic E-state index is 0.102. The van der Waals surface area contributed by atoms with E-state index in [1.807, 2.05) is 0 Å². The fourth-order valence-corrected chi connectivity index (χ4v) is 3.94. The molecule has 0 N–H and O–H groups in total. The molecule has 23 heavy (non-hydrogen) atoms. The second-order valence-electron chi connectivity index (χ2n) is 7.23. The fourth-order valence-electron chi connectivity index (χ4n) is 3.94. The molecular weight excluding hydrogens is 305 g/mol. The molecule has 136 valence electrons. The third-order valence-electron chi connectivity index (χ3n) is 5.51. The van der Waals surface area contributed by atoms with Crippen LogP contribution in [0.4, 0.5) is 13.2 Å². The number of nitrogens with zero attached hydrogens (tertiary/aromatic N) is 2. The zero-order valence-corrected chi connectivity index (χ0v) is 14.4. The maximum absolute atomic E-state index is 13.2. The highest BCUT2D eigenvalue weighted by atomic mass is 19.4. The van der Waals surface area contributed by atoms with Crippen LogP contribution in [0.2, 0.25) is 0 Å². The van der Waals surface area contributed by atoms with E-state index in [0.29, 0.717) is 19.2 Å². The maximum Gasteiger partial charge on any atom is 0.405 e. The third-order valence-corrected chi connectivity index (χ3v) is 5.51. The first-order valence-electron chi connectivity index (χ1n) is 8.92. The van der Waals surface area contributed by atoms with Gasteiger partial charge < -0.3 is 9.64 Å². The largest absolute Gasteiger partial charge is 0.405 e. The Labute approximate surface area is 138 Å².